The lowest BCUT2D eigenvalue weighted by molar-refractivity contribution is -0.116. The molecule has 0 aliphatic carbocycles. The molecule has 0 aromatic heterocycles. The highest BCUT2D eigenvalue weighted by atomic mass is 32.2. The number of rotatable bonds is 19. The van der Waals surface area contributed by atoms with E-state index in [1.54, 1.807) is 13.8 Å². The minimum atomic E-state index is -4.57. The Balaban J connectivity index is 2.14. The molecule has 1 aromatic rings. The fourth-order valence-electron chi connectivity index (χ4n) is 4.23. The number of aromatic hydroxyl groups is 1. The molecule has 0 spiro atoms. The van der Waals surface area contributed by atoms with Gasteiger partial charge in [0, 0.05) is 6.42 Å². The highest BCUT2D eigenvalue weighted by Crippen LogP contribution is 2.36. The summed E-state index contributed by atoms with van der Waals surface area (Å²) in [6, 6.07) is 1.26. The van der Waals surface area contributed by atoms with Gasteiger partial charge in [0.1, 0.15) is 16.3 Å². The lowest BCUT2D eigenvalue weighted by Gasteiger charge is -2.15. The first-order valence-electron chi connectivity index (χ1n) is 13.3. The summed E-state index contributed by atoms with van der Waals surface area (Å²) in [6.45, 7) is 5.52. The number of benzene rings is 1. The van der Waals surface area contributed by atoms with Crippen LogP contribution in [0.5, 0.6) is 5.75 Å². The van der Waals surface area contributed by atoms with Gasteiger partial charge in [-0.15, -0.1) is 0 Å². The molecule has 0 unspecified atom stereocenters. The monoisotopic (exact) mass is 497 g/mol. The molecule has 1 aromatic carbocycles. The first-order chi connectivity index (χ1) is 16.2. The van der Waals surface area contributed by atoms with E-state index in [1.165, 1.54) is 89.5 Å². The van der Waals surface area contributed by atoms with Crippen molar-refractivity contribution < 1.29 is 22.9 Å². The summed E-state index contributed by atoms with van der Waals surface area (Å²) < 4.78 is 32.8. The first kappa shape index (κ1) is 30.4. The van der Waals surface area contributed by atoms with E-state index in [0.717, 1.165) is 12.8 Å². The van der Waals surface area contributed by atoms with Crippen LogP contribution < -0.4 is 5.32 Å². The van der Waals surface area contributed by atoms with Crippen LogP contribution in [0.4, 0.5) is 5.69 Å². The Labute approximate surface area is 207 Å². The Morgan fingerprint density at radius 3 is 1.62 bits per heavy atom. The van der Waals surface area contributed by atoms with Crippen molar-refractivity contribution in [3.05, 3.63) is 17.2 Å². The quantitative estimate of drug-likeness (QED) is 0.103. The number of unbranched alkanes of at least 4 members (excludes halogenated alkanes) is 15. The lowest BCUT2D eigenvalue weighted by Crippen LogP contribution is -2.15. The second-order valence-corrected chi connectivity index (χ2v) is 11.0. The normalized spacial score (nSPS) is 11.6. The molecule has 1 rings (SSSR count). The summed E-state index contributed by atoms with van der Waals surface area (Å²) in [6.07, 6.45) is 20.3. The molecule has 7 heteroatoms. The second-order valence-electron chi connectivity index (χ2n) is 9.62. The maximum absolute atomic E-state index is 12.3. The van der Waals surface area contributed by atoms with Crippen molar-refractivity contribution >= 4 is 21.7 Å². The van der Waals surface area contributed by atoms with Crippen molar-refractivity contribution in [1.29, 1.82) is 0 Å². The van der Waals surface area contributed by atoms with Gasteiger partial charge < -0.3 is 10.4 Å². The average molecular weight is 498 g/mol. The molecule has 3 N–H and O–H groups in total. The molecule has 0 aliphatic heterocycles. The number of carbonyl (C=O) groups excluding carboxylic acids is 1. The molecular weight excluding hydrogens is 450 g/mol. The number of aryl methyl sites for hydroxylation is 1. The van der Waals surface area contributed by atoms with Crippen LogP contribution in [-0.2, 0) is 14.9 Å². The summed E-state index contributed by atoms with van der Waals surface area (Å²) in [5.74, 6) is -0.693. The van der Waals surface area contributed by atoms with Crippen LogP contribution in [0.1, 0.15) is 127 Å². The fourth-order valence-corrected chi connectivity index (χ4v) is 4.96. The predicted octanol–water partition coefficient (Wildman–Crippen LogP) is 7.85. The van der Waals surface area contributed by atoms with Crippen LogP contribution in [0.2, 0.25) is 0 Å². The van der Waals surface area contributed by atoms with E-state index in [4.69, 9.17) is 0 Å². The third-order valence-electron chi connectivity index (χ3n) is 6.58. The summed E-state index contributed by atoms with van der Waals surface area (Å²) in [4.78, 5) is 11.8. The number of phenols is 1. The number of hydrogen-bond acceptors (Lipinski definition) is 4. The van der Waals surface area contributed by atoms with Crippen molar-refractivity contribution in [3.8, 4) is 5.75 Å². The van der Waals surface area contributed by atoms with Crippen molar-refractivity contribution in [3.63, 3.8) is 0 Å². The highest BCUT2D eigenvalue weighted by Gasteiger charge is 2.23. The van der Waals surface area contributed by atoms with Crippen LogP contribution in [-0.4, -0.2) is 24.0 Å². The summed E-state index contributed by atoms with van der Waals surface area (Å²) in [7, 11) is -4.57. The first-order valence-corrected chi connectivity index (χ1v) is 14.7. The molecule has 1 amide bonds. The number of phenolic OH excluding ortho intramolecular Hbond substituents is 1. The molecule has 0 saturated carbocycles. The van der Waals surface area contributed by atoms with Gasteiger partial charge in [0.05, 0.1) is 0 Å². The molecule has 0 radical (unpaired) electrons. The fraction of sp³-hybridized carbons (Fsp3) is 0.741. The van der Waals surface area contributed by atoms with E-state index in [0.29, 0.717) is 17.5 Å². The number of amides is 1. The molecule has 0 atom stereocenters. The Bertz CT molecular complexity index is 836. The molecule has 196 valence electrons. The van der Waals surface area contributed by atoms with E-state index in [-0.39, 0.29) is 23.8 Å². The minimum absolute atomic E-state index is 0.243. The molecule has 0 heterocycles. The molecule has 0 bridgehead atoms. The number of anilines is 1. The van der Waals surface area contributed by atoms with Gasteiger partial charge in [-0.25, -0.2) is 0 Å². The van der Waals surface area contributed by atoms with Gasteiger partial charge in [0.2, 0.25) is 5.91 Å². The number of hydrogen-bond donors (Lipinski definition) is 3. The van der Waals surface area contributed by atoms with Crippen LogP contribution in [0, 0.1) is 13.8 Å². The zero-order valence-electron chi connectivity index (χ0n) is 21.6. The van der Waals surface area contributed by atoms with Crippen molar-refractivity contribution in [2.24, 2.45) is 0 Å². The summed E-state index contributed by atoms with van der Waals surface area (Å²) in [5, 5.41) is 12.8. The minimum Gasteiger partial charge on any atom is -0.505 e. The summed E-state index contributed by atoms with van der Waals surface area (Å²) >= 11 is 0. The largest absolute Gasteiger partial charge is 0.505 e. The molecule has 0 aliphatic rings. The van der Waals surface area contributed by atoms with Crippen LogP contribution in [0.25, 0.3) is 0 Å². The number of carbonyl (C=O) groups is 1. The van der Waals surface area contributed by atoms with Gasteiger partial charge in [0.25, 0.3) is 10.1 Å². The zero-order chi connectivity index (χ0) is 25.4. The van der Waals surface area contributed by atoms with E-state index in [2.05, 4.69) is 12.2 Å². The third kappa shape index (κ3) is 12.2. The molecular formula is C27H47NO5S. The van der Waals surface area contributed by atoms with E-state index >= 15 is 0 Å². The van der Waals surface area contributed by atoms with Crippen molar-refractivity contribution in [2.75, 3.05) is 5.32 Å². The maximum Gasteiger partial charge on any atom is 0.296 e. The molecule has 0 fully saturated rings. The third-order valence-corrected chi connectivity index (χ3v) is 7.46. The summed E-state index contributed by atoms with van der Waals surface area (Å²) in [5.41, 5.74) is 0.734. The van der Waals surface area contributed by atoms with Crippen molar-refractivity contribution in [1.82, 2.24) is 0 Å². The lowest BCUT2D eigenvalue weighted by atomic mass is 10.0. The van der Waals surface area contributed by atoms with Gasteiger partial charge in [-0.3, -0.25) is 9.35 Å². The predicted molar refractivity (Wildman–Crippen MR) is 140 cm³/mol. The highest BCUT2D eigenvalue weighted by molar-refractivity contribution is 7.86. The van der Waals surface area contributed by atoms with Gasteiger partial charge in [-0.05, 0) is 37.5 Å². The van der Waals surface area contributed by atoms with Crippen molar-refractivity contribution in [2.45, 2.75) is 135 Å². The van der Waals surface area contributed by atoms with Gasteiger partial charge in [-0.1, -0.05) is 103 Å². The maximum atomic E-state index is 12.3. The SMILES string of the molecule is CCCCCCCCCCCCCCCCCCC(=O)Nc1c(S(=O)(=O)O)cc(C)c(C)c1O. The van der Waals surface area contributed by atoms with E-state index < -0.39 is 15.0 Å². The average Bonchev–Trinajstić information content (AvgIpc) is 2.78. The van der Waals surface area contributed by atoms with Gasteiger partial charge in [-0.2, -0.15) is 8.42 Å². The Morgan fingerprint density at radius 1 is 0.794 bits per heavy atom. The van der Waals surface area contributed by atoms with Crippen LogP contribution in [0.3, 0.4) is 0 Å². The smallest absolute Gasteiger partial charge is 0.296 e. The Kier molecular flexibility index (Phi) is 15.2. The second kappa shape index (κ2) is 16.9. The molecule has 6 nitrogen and oxygen atoms in total. The Morgan fingerprint density at radius 2 is 1.21 bits per heavy atom. The topological polar surface area (TPSA) is 104 Å². The van der Waals surface area contributed by atoms with Gasteiger partial charge in [0.15, 0.2) is 0 Å². The van der Waals surface area contributed by atoms with Crippen LogP contribution >= 0.6 is 0 Å². The van der Waals surface area contributed by atoms with Gasteiger partial charge >= 0.3 is 0 Å². The van der Waals surface area contributed by atoms with Crippen LogP contribution in [0.15, 0.2) is 11.0 Å². The number of nitrogens with one attached hydrogen (secondary N) is 1. The van der Waals surface area contributed by atoms with E-state index in [9.17, 15) is 22.9 Å². The van der Waals surface area contributed by atoms with E-state index in [1.807, 2.05) is 0 Å². The standard InChI is InChI=1S/C27H47NO5S/c1-4-5-6-7-8-9-10-11-12-13-14-15-16-17-18-19-20-25(29)28-26-24(34(31,32)33)21-22(2)23(3)27(26)30/h21,30H,4-20H2,1-3H3,(H,28,29)(H,31,32,33). The Hall–Kier alpha value is -1.60. The molecule has 0 saturated heterocycles. The zero-order valence-corrected chi connectivity index (χ0v) is 22.4. The molecule has 34 heavy (non-hydrogen) atoms.